The van der Waals surface area contributed by atoms with E-state index in [1.54, 1.807) is 26.4 Å². The lowest BCUT2D eigenvalue weighted by Gasteiger charge is -2.32. The molecule has 7 nitrogen and oxygen atoms in total. The molecule has 0 spiro atoms. The largest absolute Gasteiger partial charge is 0.493 e. The van der Waals surface area contributed by atoms with E-state index >= 15 is 0 Å². The lowest BCUT2D eigenvalue weighted by molar-refractivity contribution is -0.121. The van der Waals surface area contributed by atoms with Gasteiger partial charge in [0, 0.05) is 30.4 Å². The van der Waals surface area contributed by atoms with Crippen molar-refractivity contribution in [1.29, 1.82) is 0 Å². The summed E-state index contributed by atoms with van der Waals surface area (Å²) < 4.78 is 22.9. The van der Waals surface area contributed by atoms with Crippen molar-refractivity contribution in [3.05, 3.63) is 47.5 Å². The van der Waals surface area contributed by atoms with Crippen LogP contribution in [0, 0.1) is 11.8 Å². The Morgan fingerprint density at radius 3 is 2.17 bits per heavy atom. The van der Waals surface area contributed by atoms with Crippen LogP contribution in [0.15, 0.2) is 36.4 Å². The molecule has 0 heterocycles. The van der Waals surface area contributed by atoms with Crippen molar-refractivity contribution in [2.45, 2.75) is 56.9 Å². The van der Waals surface area contributed by atoms with Crippen LogP contribution in [-0.2, 0) is 4.79 Å². The Morgan fingerprint density at radius 2 is 1.50 bits per heavy atom. The van der Waals surface area contributed by atoms with Crippen LogP contribution in [0.1, 0.15) is 66.8 Å². The minimum absolute atomic E-state index is 0.00167. The molecule has 2 atom stereocenters. The maximum absolute atomic E-state index is 13.3. The predicted molar refractivity (Wildman–Crippen MR) is 135 cm³/mol. The Kier molecular flexibility index (Phi) is 7.35. The molecule has 1 N–H and O–H groups in total. The van der Waals surface area contributed by atoms with Crippen molar-refractivity contribution in [3.63, 3.8) is 0 Å². The molecular formula is C29H35NO6. The molecule has 2 aromatic carbocycles. The Morgan fingerprint density at radius 1 is 0.833 bits per heavy atom. The molecule has 0 aromatic heterocycles. The van der Waals surface area contributed by atoms with Crippen LogP contribution in [0.4, 0.5) is 0 Å². The average molecular weight is 494 g/mol. The predicted octanol–water partition coefficient (Wildman–Crippen LogP) is 4.92. The first-order valence-corrected chi connectivity index (χ1v) is 13.0. The second-order valence-electron chi connectivity index (χ2n) is 10.3. The number of rotatable bonds is 11. The standard InChI is InChI=1S/C29H35NO6/c1-33-25-11-7-20(13-27(25)34-2)23-10-9-22(31)15-24(23)30-29(32)21-8-12-26(35-16-18-3-4-18)28(14-21)36-17-19-5-6-19/h7-8,11-14,18-19,23-24H,3-6,9-10,15-17H2,1-2H3,(H,30,32). The fourth-order valence-electron chi connectivity index (χ4n) is 4.76. The van der Waals surface area contributed by atoms with Crippen molar-refractivity contribution in [1.82, 2.24) is 5.32 Å². The maximum atomic E-state index is 13.3. The number of amides is 1. The molecule has 3 aliphatic rings. The van der Waals surface area contributed by atoms with Gasteiger partial charge in [0.15, 0.2) is 23.0 Å². The molecule has 0 radical (unpaired) electrons. The van der Waals surface area contributed by atoms with E-state index in [0.717, 1.165) is 5.56 Å². The summed E-state index contributed by atoms with van der Waals surface area (Å²) in [6.45, 7) is 1.33. The van der Waals surface area contributed by atoms with Crippen molar-refractivity contribution >= 4 is 11.7 Å². The number of hydrogen-bond donors (Lipinski definition) is 1. The van der Waals surface area contributed by atoms with E-state index in [9.17, 15) is 9.59 Å². The van der Waals surface area contributed by atoms with Crippen LogP contribution in [0.5, 0.6) is 23.0 Å². The van der Waals surface area contributed by atoms with Crippen molar-refractivity contribution < 1.29 is 28.5 Å². The number of ether oxygens (including phenoxy) is 4. The number of carbonyl (C=O) groups is 2. The van der Waals surface area contributed by atoms with Gasteiger partial charge in [-0.3, -0.25) is 9.59 Å². The van der Waals surface area contributed by atoms with Crippen LogP contribution in [-0.4, -0.2) is 45.2 Å². The smallest absolute Gasteiger partial charge is 0.251 e. The third-order valence-electron chi connectivity index (χ3n) is 7.37. The van der Waals surface area contributed by atoms with Crippen molar-refractivity contribution in [2.24, 2.45) is 11.8 Å². The van der Waals surface area contributed by atoms with Crippen molar-refractivity contribution in [3.8, 4) is 23.0 Å². The molecule has 5 rings (SSSR count). The fraction of sp³-hybridized carbons (Fsp3) is 0.517. The number of nitrogens with one attached hydrogen (secondary N) is 1. The highest BCUT2D eigenvalue weighted by atomic mass is 16.5. The summed E-state index contributed by atoms with van der Waals surface area (Å²) in [5.41, 5.74) is 1.52. The number of Topliss-reactive ketones (excluding diaryl/α,β-unsaturated/α-hetero) is 1. The molecule has 3 fully saturated rings. The second kappa shape index (κ2) is 10.8. The van der Waals surface area contributed by atoms with E-state index in [0.29, 0.717) is 72.9 Å². The summed E-state index contributed by atoms with van der Waals surface area (Å²) in [7, 11) is 3.21. The van der Waals surface area contributed by atoms with Crippen molar-refractivity contribution in [2.75, 3.05) is 27.4 Å². The van der Waals surface area contributed by atoms with Gasteiger partial charge < -0.3 is 24.3 Å². The topological polar surface area (TPSA) is 83.1 Å². The first kappa shape index (κ1) is 24.5. The Bertz CT molecular complexity index is 1110. The van der Waals surface area contributed by atoms with Gasteiger partial charge in [-0.15, -0.1) is 0 Å². The zero-order valence-corrected chi connectivity index (χ0v) is 21.1. The molecule has 0 saturated heterocycles. The van der Waals surface area contributed by atoms with E-state index in [1.165, 1.54) is 25.7 Å². The van der Waals surface area contributed by atoms with E-state index in [1.807, 2.05) is 24.3 Å². The normalized spacial score (nSPS) is 21.6. The van der Waals surface area contributed by atoms with E-state index in [4.69, 9.17) is 18.9 Å². The molecule has 3 saturated carbocycles. The van der Waals surface area contributed by atoms with Crippen LogP contribution in [0.25, 0.3) is 0 Å². The first-order valence-electron chi connectivity index (χ1n) is 13.0. The van der Waals surface area contributed by atoms with Gasteiger partial charge in [0.1, 0.15) is 5.78 Å². The minimum Gasteiger partial charge on any atom is -0.493 e. The lowest BCUT2D eigenvalue weighted by Crippen LogP contribution is -2.43. The molecule has 3 aliphatic carbocycles. The SMILES string of the molecule is COc1ccc(C2CCC(=O)CC2NC(=O)c2ccc(OCC3CC3)c(OCC3CC3)c2)cc1OC. The molecule has 0 aliphatic heterocycles. The first-order chi connectivity index (χ1) is 17.5. The fourth-order valence-corrected chi connectivity index (χ4v) is 4.76. The average Bonchev–Trinajstić information content (AvgIpc) is 3.81. The van der Waals surface area contributed by atoms with Crippen LogP contribution in [0.3, 0.4) is 0 Å². The molecule has 36 heavy (non-hydrogen) atoms. The monoisotopic (exact) mass is 493 g/mol. The molecule has 2 unspecified atom stereocenters. The van der Waals surface area contributed by atoms with E-state index in [2.05, 4.69) is 5.32 Å². The molecule has 192 valence electrons. The number of ketones is 1. The zero-order chi connectivity index (χ0) is 25.1. The molecule has 0 bridgehead atoms. The van der Waals surface area contributed by atoms with Gasteiger partial charge in [0.2, 0.25) is 0 Å². The summed E-state index contributed by atoms with van der Waals surface area (Å²) in [5.74, 6) is 3.75. The van der Waals surface area contributed by atoms with Gasteiger partial charge in [-0.25, -0.2) is 0 Å². The molecule has 2 aromatic rings. The number of methoxy groups -OCH3 is 2. The summed E-state index contributed by atoms with van der Waals surface area (Å²) in [6.07, 6.45) is 6.26. The lowest BCUT2D eigenvalue weighted by atomic mass is 9.79. The quantitative estimate of drug-likeness (QED) is 0.479. The maximum Gasteiger partial charge on any atom is 0.251 e. The van der Waals surface area contributed by atoms with E-state index < -0.39 is 0 Å². The number of carbonyl (C=O) groups excluding carboxylic acids is 2. The van der Waals surface area contributed by atoms with Gasteiger partial charge in [0.05, 0.1) is 27.4 Å². The third-order valence-corrected chi connectivity index (χ3v) is 7.37. The third kappa shape index (κ3) is 5.94. The summed E-state index contributed by atoms with van der Waals surface area (Å²) in [6, 6.07) is 10.9. The van der Waals surface area contributed by atoms with Gasteiger partial charge in [-0.05, 0) is 79.8 Å². The molecular weight excluding hydrogens is 458 g/mol. The van der Waals surface area contributed by atoms with Gasteiger partial charge in [0.25, 0.3) is 5.91 Å². The Hall–Kier alpha value is -3.22. The van der Waals surface area contributed by atoms with Crippen LogP contribution < -0.4 is 24.3 Å². The molecule has 7 heteroatoms. The zero-order valence-electron chi connectivity index (χ0n) is 21.1. The van der Waals surface area contributed by atoms with Gasteiger partial charge in [-0.1, -0.05) is 6.07 Å². The van der Waals surface area contributed by atoms with E-state index in [-0.39, 0.29) is 23.7 Å². The number of hydrogen-bond acceptors (Lipinski definition) is 6. The van der Waals surface area contributed by atoms with Gasteiger partial charge >= 0.3 is 0 Å². The highest BCUT2D eigenvalue weighted by Gasteiger charge is 2.33. The summed E-state index contributed by atoms with van der Waals surface area (Å²) in [4.78, 5) is 25.7. The molecule has 1 amide bonds. The van der Waals surface area contributed by atoms with Crippen LogP contribution >= 0.6 is 0 Å². The Balaban J connectivity index is 1.33. The minimum atomic E-state index is -0.307. The highest BCUT2D eigenvalue weighted by Crippen LogP contribution is 2.38. The summed E-state index contributed by atoms with van der Waals surface area (Å²) >= 11 is 0. The van der Waals surface area contributed by atoms with Gasteiger partial charge in [-0.2, -0.15) is 0 Å². The Labute approximate surface area is 212 Å². The highest BCUT2D eigenvalue weighted by molar-refractivity contribution is 5.95. The number of benzene rings is 2. The summed E-state index contributed by atoms with van der Waals surface area (Å²) in [5, 5.41) is 3.14. The second-order valence-corrected chi connectivity index (χ2v) is 10.3. The van der Waals surface area contributed by atoms with Crippen LogP contribution in [0.2, 0.25) is 0 Å².